The van der Waals surface area contributed by atoms with E-state index in [1.807, 2.05) is 13.0 Å². The summed E-state index contributed by atoms with van der Waals surface area (Å²) in [4.78, 5) is 29.7. The van der Waals surface area contributed by atoms with Gasteiger partial charge in [0.05, 0.1) is 0 Å². The highest BCUT2D eigenvalue weighted by Gasteiger charge is 2.36. The normalized spacial score (nSPS) is 16.6. The van der Waals surface area contributed by atoms with Crippen molar-refractivity contribution in [1.29, 1.82) is 0 Å². The number of aromatic nitrogens is 1. The van der Waals surface area contributed by atoms with Crippen LogP contribution in [0.4, 0.5) is 5.69 Å². The number of carboxylic acids is 1. The molecule has 1 N–H and O–H groups in total. The minimum absolute atomic E-state index is 0.142. The van der Waals surface area contributed by atoms with Gasteiger partial charge in [0.1, 0.15) is 11.6 Å². The highest BCUT2D eigenvalue weighted by molar-refractivity contribution is 6.07. The first-order chi connectivity index (χ1) is 10.1. The molecule has 1 aliphatic rings. The number of hydrogen-bond donors (Lipinski definition) is 1. The number of hydrogen-bond acceptors (Lipinski definition) is 3. The van der Waals surface area contributed by atoms with E-state index < -0.39 is 11.9 Å². The lowest BCUT2D eigenvalue weighted by atomic mass is 10.0. The van der Waals surface area contributed by atoms with Crippen molar-refractivity contribution in [3.8, 4) is 0 Å². The number of fused-ring (bicyclic) bond motifs is 1. The molecular formula is C16H14N2O3. The largest absolute Gasteiger partial charge is 0.481 e. The Bertz CT molecular complexity index is 727. The fourth-order valence-corrected chi connectivity index (χ4v) is 2.61. The van der Waals surface area contributed by atoms with Gasteiger partial charge in [-0.15, -0.1) is 0 Å². The van der Waals surface area contributed by atoms with Crippen molar-refractivity contribution in [1.82, 2.24) is 4.98 Å². The van der Waals surface area contributed by atoms with Crippen molar-refractivity contribution in [2.75, 3.05) is 11.4 Å². The Hall–Kier alpha value is -2.69. The molecule has 1 amide bonds. The van der Waals surface area contributed by atoms with E-state index in [0.29, 0.717) is 16.9 Å². The lowest BCUT2D eigenvalue weighted by molar-refractivity contribution is -0.138. The molecule has 0 saturated carbocycles. The molecule has 2 aromatic rings. The van der Waals surface area contributed by atoms with Gasteiger partial charge in [0.2, 0.25) is 0 Å². The number of carboxylic acid groups (broad SMARTS) is 1. The third kappa shape index (κ3) is 2.27. The molecule has 1 aliphatic heterocycles. The molecule has 1 aromatic heterocycles. The number of rotatable bonds is 2. The molecule has 0 spiro atoms. The maximum Gasteiger partial charge on any atom is 0.312 e. The summed E-state index contributed by atoms with van der Waals surface area (Å²) in [5.41, 5.74) is 2.41. The predicted molar refractivity (Wildman–Crippen MR) is 77.5 cm³/mol. The van der Waals surface area contributed by atoms with Crippen molar-refractivity contribution < 1.29 is 14.7 Å². The molecule has 1 aromatic carbocycles. The number of para-hydroxylation sites is 1. The Morgan fingerprint density at radius 3 is 2.67 bits per heavy atom. The van der Waals surface area contributed by atoms with Gasteiger partial charge < -0.3 is 10.0 Å². The number of anilines is 1. The Balaban J connectivity index is 2.01. The smallest absolute Gasteiger partial charge is 0.312 e. The van der Waals surface area contributed by atoms with Crippen LogP contribution in [-0.4, -0.2) is 28.5 Å². The summed E-state index contributed by atoms with van der Waals surface area (Å²) < 4.78 is 0. The van der Waals surface area contributed by atoms with Gasteiger partial charge in [-0.1, -0.05) is 24.3 Å². The molecule has 5 nitrogen and oxygen atoms in total. The van der Waals surface area contributed by atoms with E-state index in [-0.39, 0.29) is 12.5 Å². The standard InChI is InChI=1S/C16H14N2O3/c1-10-5-4-7-13(17-10)15(19)18-9-12(16(20)21)11-6-2-3-8-14(11)18/h2-8,12H,9H2,1H3,(H,20,21). The van der Waals surface area contributed by atoms with Crippen LogP contribution in [-0.2, 0) is 4.79 Å². The molecule has 0 saturated heterocycles. The molecule has 21 heavy (non-hydrogen) atoms. The lowest BCUT2D eigenvalue weighted by Gasteiger charge is -2.17. The van der Waals surface area contributed by atoms with Gasteiger partial charge in [-0.2, -0.15) is 0 Å². The van der Waals surface area contributed by atoms with Gasteiger partial charge in [-0.25, -0.2) is 4.98 Å². The third-order valence-corrected chi connectivity index (χ3v) is 3.62. The maximum absolute atomic E-state index is 12.6. The number of pyridine rings is 1. The van der Waals surface area contributed by atoms with Gasteiger partial charge in [-0.3, -0.25) is 9.59 Å². The Morgan fingerprint density at radius 1 is 1.19 bits per heavy atom. The van der Waals surface area contributed by atoms with Gasteiger partial charge >= 0.3 is 5.97 Å². The Morgan fingerprint density at radius 2 is 1.95 bits per heavy atom. The average Bonchev–Trinajstić information content (AvgIpc) is 2.86. The van der Waals surface area contributed by atoms with Crippen molar-refractivity contribution in [2.24, 2.45) is 0 Å². The SMILES string of the molecule is Cc1cccc(C(=O)N2CC(C(=O)O)c3ccccc32)n1. The number of benzene rings is 1. The van der Waals surface area contributed by atoms with Crippen molar-refractivity contribution in [3.63, 3.8) is 0 Å². The molecule has 1 atom stereocenters. The Labute approximate surface area is 121 Å². The van der Waals surface area contributed by atoms with Crippen LogP contribution in [0.5, 0.6) is 0 Å². The molecule has 2 heterocycles. The van der Waals surface area contributed by atoms with E-state index in [1.165, 1.54) is 4.90 Å². The number of aryl methyl sites for hydroxylation is 1. The second kappa shape index (κ2) is 5.01. The first kappa shape index (κ1) is 13.3. The first-order valence-electron chi connectivity index (χ1n) is 6.65. The highest BCUT2D eigenvalue weighted by atomic mass is 16.4. The molecule has 106 valence electrons. The van der Waals surface area contributed by atoms with E-state index in [1.54, 1.807) is 36.4 Å². The third-order valence-electron chi connectivity index (χ3n) is 3.62. The van der Waals surface area contributed by atoms with Gasteiger partial charge in [-0.05, 0) is 30.7 Å². The van der Waals surface area contributed by atoms with E-state index >= 15 is 0 Å². The highest BCUT2D eigenvalue weighted by Crippen LogP contribution is 2.36. The van der Waals surface area contributed by atoms with Crippen LogP contribution in [0.3, 0.4) is 0 Å². The fraction of sp³-hybridized carbons (Fsp3) is 0.188. The predicted octanol–water partition coefficient (Wildman–Crippen LogP) is 2.22. The molecule has 3 rings (SSSR count). The van der Waals surface area contributed by atoms with E-state index in [4.69, 9.17) is 0 Å². The summed E-state index contributed by atoms with van der Waals surface area (Å²) in [6.45, 7) is 1.96. The minimum Gasteiger partial charge on any atom is -0.481 e. The monoisotopic (exact) mass is 282 g/mol. The van der Waals surface area contributed by atoms with Crippen molar-refractivity contribution in [2.45, 2.75) is 12.8 Å². The summed E-state index contributed by atoms with van der Waals surface area (Å²) in [7, 11) is 0. The van der Waals surface area contributed by atoms with Crippen LogP contribution in [0.25, 0.3) is 0 Å². The molecule has 0 aliphatic carbocycles. The first-order valence-corrected chi connectivity index (χ1v) is 6.65. The van der Waals surface area contributed by atoms with Gasteiger partial charge in [0, 0.05) is 17.9 Å². The number of amides is 1. The number of aliphatic carboxylic acids is 1. The van der Waals surface area contributed by atoms with Crippen LogP contribution in [0.1, 0.15) is 27.7 Å². The quantitative estimate of drug-likeness (QED) is 0.916. The molecule has 0 fully saturated rings. The van der Waals surface area contributed by atoms with Crippen LogP contribution in [0.2, 0.25) is 0 Å². The Kier molecular flexibility index (Phi) is 3.17. The van der Waals surface area contributed by atoms with Gasteiger partial charge in [0.25, 0.3) is 5.91 Å². The lowest BCUT2D eigenvalue weighted by Crippen LogP contribution is -2.31. The summed E-state index contributed by atoms with van der Waals surface area (Å²) in [6.07, 6.45) is 0. The summed E-state index contributed by atoms with van der Waals surface area (Å²) in [6, 6.07) is 12.3. The second-order valence-corrected chi connectivity index (χ2v) is 5.03. The second-order valence-electron chi connectivity index (χ2n) is 5.03. The summed E-state index contributed by atoms with van der Waals surface area (Å²) >= 11 is 0. The summed E-state index contributed by atoms with van der Waals surface area (Å²) in [5, 5.41) is 9.32. The zero-order valence-corrected chi connectivity index (χ0v) is 11.5. The minimum atomic E-state index is -0.921. The van der Waals surface area contributed by atoms with Crippen LogP contribution < -0.4 is 4.90 Å². The maximum atomic E-state index is 12.6. The summed E-state index contributed by atoms with van der Waals surface area (Å²) in [5.74, 6) is -1.88. The number of nitrogens with zero attached hydrogens (tertiary/aromatic N) is 2. The van der Waals surface area contributed by atoms with Crippen LogP contribution in [0.15, 0.2) is 42.5 Å². The van der Waals surface area contributed by atoms with Crippen molar-refractivity contribution in [3.05, 3.63) is 59.4 Å². The van der Waals surface area contributed by atoms with Crippen LogP contribution in [0, 0.1) is 6.92 Å². The molecular weight excluding hydrogens is 268 g/mol. The van der Waals surface area contributed by atoms with Gasteiger partial charge in [0.15, 0.2) is 0 Å². The average molecular weight is 282 g/mol. The molecule has 1 unspecified atom stereocenters. The molecule has 0 bridgehead atoms. The number of carbonyl (C=O) groups excluding carboxylic acids is 1. The topological polar surface area (TPSA) is 70.5 Å². The van der Waals surface area contributed by atoms with E-state index in [9.17, 15) is 14.7 Å². The van der Waals surface area contributed by atoms with Crippen LogP contribution >= 0.6 is 0 Å². The van der Waals surface area contributed by atoms with E-state index in [2.05, 4.69) is 4.98 Å². The zero-order valence-electron chi connectivity index (χ0n) is 11.5. The zero-order chi connectivity index (χ0) is 15.0. The molecule has 5 heteroatoms. The fourth-order valence-electron chi connectivity index (χ4n) is 2.61. The van der Waals surface area contributed by atoms with E-state index in [0.717, 1.165) is 5.69 Å². The van der Waals surface area contributed by atoms with Crippen molar-refractivity contribution >= 4 is 17.6 Å². The number of carbonyl (C=O) groups is 2. The molecule has 0 radical (unpaired) electrons.